The van der Waals surface area contributed by atoms with Crippen LogP contribution in [0.25, 0.3) is 21.8 Å². The predicted octanol–water partition coefficient (Wildman–Crippen LogP) is 8.35. The van der Waals surface area contributed by atoms with Gasteiger partial charge in [0.1, 0.15) is 0 Å². The average molecular weight is 364 g/mol. The molecular weight excluding hydrogens is 326 g/mol. The van der Waals surface area contributed by atoms with Gasteiger partial charge in [-0.2, -0.15) is 0 Å². The van der Waals surface area contributed by atoms with Crippen molar-refractivity contribution in [3.8, 4) is 0 Å². The summed E-state index contributed by atoms with van der Waals surface area (Å²) in [6, 6.07) is 13.5. The molecule has 3 rings (SSSR count). The van der Waals surface area contributed by atoms with Gasteiger partial charge in [-0.3, -0.25) is 0 Å². The van der Waals surface area contributed by atoms with E-state index in [-0.39, 0.29) is 0 Å². The van der Waals surface area contributed by atoms with Crippen LogP contribution in [0, 0.1) is 0 Å². The highest BCUT2D eigenvalue weighted by atomic mass is 14.7. The molecule has 3 aromatic rings. The number of hydrogen-bond acceptors (Lipinski definition) is 0. The Kier molecular flexibility index (Phi) is 7.80. The standard InChI is InChI=1S/C26H37N/c1-3-5-7-9-11-15-21-19-20-24-23-17-13-14-18-25(23)27-26(24)22(21)16-12-10-8-6-4-2/h13-14,17-20,27H,3-12,15-16H2,1-2H3. The summed E-state index contributed by atoms with van der Waals surface area (Å²) in [7, 11) is 0. The van der Waals surface area contributed by atoms with Gasteiger partial charge in [-0.1, -0.05) is 95.5 Å². The van der Waals surface area contributed by atoms with Crippen molar-refractivity contribution in [1.82, 2.24) is 4.98 Å². The molecule has 0 atom stereocenters. The van der Waals surface area contributed by atoms with Gasteiger partial charge in [-0.05, 0) is 42.9 Å². The molecule has 1 aromatic heterocycles. The van der Waals surface area contributed by atoms with Gasteiger partial charge in [-0.15, -0.1) is 0 Å². The fraction of sp³-hybridized carbons (Fsp3) is 0.538. The van der Waals surface area contributed by atoms with Crippen LogP contribution in [-0.2, 0) is 12.8 Å². The summed E-state index contributed by atoms with van der Waals surface area (Å²) in [5, 5.41) is 2.78. The van der Waals surface area contributed by atoms with Crippen molar-refractivity contribution in [3.63, 3.8) is 0 Å². The molecule has 0 aliphatic rings. The Labute approximate surface area is 165 Å². The maximum atomic E-state index is 3.75. The Balaban J connectivity index is 1.81. The largest absolute Gasteiger partial charge is 0.354 e. The third-order valence-corrected chi connectivity index (χ3v) is 5.97. The fourth-order valence-corrected chi connectivity index (χ4v) is 4.36. The zero-order chi connectivity index (χ0) is 18.9. The minimum absolute atomic E-state index is 1.22. The Hall–Kier alpha value is -1.76. The van der Waals surface area contributed by atoms with E-state index in [1.165, 1.54) is 98.9 Å². The molecular formula is C26H37N. The number of para-hydroxylation sites is 1. The number of benzene rings is 2. The first-order valence-electron chi connectivity index (χ1n) is 11.4. The molecule has 0 bridgehead atoms. The van der Waals surface area contributed by atoms with Gasteiger partial charge in [0.25, 0.3) is 0 Å². The number of aromatic amines is 1. The summed E-state index contributed by atoms with van der Waals surface area (Å²) in [6.45, 7) is 4.59. The molecule has 2 aromatic carbocycles. The summed E-state index contributed by atoms with van der Waals surface area (Å²) >= 11 is 0. The first-order chi connectivity index (χ1) is 13.3. The van der Waals surface area contributed by atoms with Crippen molar-refractivity contribution >= 4 is 21.8 Å². The number of aryl methyl sites for hydroxylation is 2. The van der Waals surface area contributed by atoms with Crippen molar-refractivity contribution in [2.75, 3.05) is 0 Å². The van der Waals surface area contributed by atoms with Gasteiger partial charge in [0.2, 0.25) is 0 Å². The fourth-order valence-electron chi connectivity index (χ4n) is 4.36. The van der Waals surface area contributed by atoms with Crippen molar-refractivity contribution < 1.29 is 0 Å². The zero-order valence-corrected chi connectivity index (χ0v) is 17.4. The second-order valence-corrected chi connectivity index (χ2v) is 8.12. The number of hydrogen-bond donors (Lipinski definition) is 1. The Morgan fingerprint density at radius 1 is 0.630 bits per heavy atom. The quantitative estimate of drug-likeness (QED) is 0.311. The van der Waals surface area contributed by atoms with Gasteiger partial charge in [0, 0.05) is 21.8 Å². The van der Waals surface area contributed by atoms with E-state index < -0.39 is 0 Å². The minimum atomic E-state index is 1.22. The second kappa shape index (κ2) is 10.5. The maximum Gasteiger partial charge on any atom is 0.0500 e. The maximum absolute atomic E-state index is 3.75. The molecule has 0 amide bonds. The molecule has 146 valence electrons. The van der Waals surface area contributed by atoms with Crippen molar-refractivity contribution in [2.24, 2.45) is 0 Å². The number of rotatable bonds is 12. The summed E-state index contributed by atoms with van der Waals surface area (Å²) in [4.78, 5) is 3.75. The van der Waals surface area contributed by atoms with E-state index in [0.717, 1.165) is 0 Å². The van der Waals surface area contributed by atoms with Crippen molar-refractivity contribution in [2.45, 2.75) is 90.9 Å². The van der Waals surface area contributed by atoms with Crippen LogP contribution >= 0.6 is 0 Å². The van der Waals surface area contributed by atoms with Crippen LogP contribution in [-0.4, -0.2) is 4.98 Å². The Morgan fingerprint density at radius 3 is 2.04 bits per heavy atom. The normalized spacial score (nSPS) is 11.6. The molecule has 0 fully saturated rings. The van der Waals surface area contributed by atoms with E-state index in [9.17, 15) is 0 Å². The van der Waals surface area contributed by atoms with Gasteiger partial charge in [0.15, 0.2) is 0 Å². The average Bonchev–Trinajstić information content (AvgIpc) is 3.07. The second-order valence-electron chi connectivity index (χ2n) is 8.12. The zero-order valence-electron chi connectivity index (χ0n) is 17.4. The van der Waals surface area contributed by atoms with Crippen LogP contribution < -0.4 is 0 Å². The molecule has 0 spiro atoms. The molecule has 27 heavy (non-hydrogen) atoms. The van der Waals surface area contributed by atoms with Crippen LogP contribution in [0.15, 0.2) is 36.4 Å². The lowest BCUT2D eigenvalue weighted by Gasteiger charge is -2.12. The van der Waals surface area contributed by atoms with E-state index in [1.807, 2.05) is 0 Å². The molecule has 1 heteroatoms. The lowest BCUT2D eigenvalue weighted by atomic mass is 9.94. The van der Waals surface area contributed by atoms with Gasteiger partial charge >= 0.3 is 0 Å². The SMILES string of the molecule is CCCCCCCc1ccc2c([nH]c3ccccc32)c1CCCCCCC. The van der Waals surface area contributed by atoms with Crippen molar-refractivity contribution in [1.29, 1.82) is 0 Å². The summed E-state index contributed by atoms with van der Waals surface area (Å²) in [5.74, 6) is 0. The highest BCUT2D eigenvalue weighted by Gasteiger charge is 2.12. The highest BCUT2D eigenvalue weighted by Crippen LogP contribution is 2.31. The summed E-state index contributed by atoms with van der Waals surface area (Å²) in [5.41, 5.74) is 5.86. The van der Waals surface area contributed by atoms with Crippen LogP contribution in [0.1, 0.15) is 89.2 Å². The lowest BCUT2D eigenvalue weighted by Crippen LogP contribution is -1.97. The molecule has 0 saturated carbocycles. The predicted molar refractivity (Wildman–Crippen MR) is 121 cm³/mol. The molecule has 1 nitrogen and oxygen atoms in total. The van der Waals surface area contributed by atoms with E-state index >= 15 is 0 Å². The number of nitrogens with one attached hydrogen (secondary N) is 1. The molecule has 0 aliphatic heterocycles. The van der Waals surface area contributed by atoms with Crippen LogP contribution in [0.3, 0.4) is 0 Å². The van der Waals surface area contributed by atoms with Gasteiger partial charge < -0.3 is 4.98 Å². The topological polar surface area (TPSA) is 15.8 Å². The molecule has 0 saturated heterocycles. The van der Waals surface area contributed by atoms with Gasteiger partial charge in [0.05, 0.1) is 0 Å². The monoisotopic (exact) mass is 363 g/mol. The van der Waals surface area contributed by atoms with E-state index in [1.54, 1.807) is 11.1 Å². The van der Waals surface area contributed by atoms with Gasteiger partial charge in [-0.25, -0.2) is 0 Å². The number of fused-ring (bicyclic) bond motifs is 3. The highest BCUT2D eigenvalue weighted by molar-refractivity contribution is 6.08. The smallest absolute Gasteiger partial charge is 0.0500 e. The summed E-state index contributed by atoms with van der Waals surface area (Å²) in [6.07, 6.45) is 16.0. The van der Waals surface area contributed by atoms with Crippen LogP contribution in [0.4, 0.5) is 0 Å². The summed E-state index contributed by atoms with van der Waals surface area (Å²) < 4.78 is 0. The third-order valence-electron chi connectivity index (χ3n) is 5.97. The van der Waals surface area contributed by atoms with Crippen molar-refractivity contribution in [3.05, 3.63) is 47.5 Å². The number of aromatic nitrogens is 1. The Bertz CT molecular complexity index is 827. The molecule has 0 unspecified atom stereocenters. The van der Waals surface area contributed by atoms with E-state index in [4.69, 9.17) is 0 Å². The Morgan fingerprint density at radius 2 is 1.30 bits per heavy atom. The number of H-pyrrole nitrogens is 1. The molecule has 1 heterocycles. The lowest BCUT2D eigenvalue weighted by molar-refractivity contribution is 0.621. The van der Waals surface area contributed by atoms with Crippen LogP contribution in [0.2, 0.25) is 0 Å². The molecule has 0 aliphatic carbocycles. The molecule has 1 N–H and O–H groups in total. The first-order valence-corrected chi connectivity index (χ1v) is 11.4. The van der Waals surface area contributed by atoms with E-state index in [0.29, 0.717) is 0 Å². The minimum Gasteiger partial charge on any atom is -0.354 e. The number of unbranched alkanes of at least 4 members (excludes halogenated alkanes) is 8. The molecule has 0 radical (unpaired) electrons. The van der Waals surface area contributed by atoms with Crippen LogP contribution in [0.5, 0.6) is 0 Å². The van der Waals surface area contributed by atoms with E-state index in [2.05, 4.69) is 55.2 Å². The third kappa shape index (κ3) is 5.15. The first kappa shape index (κ1) is 20.0.